The maximum absolute atomic E-state index is 13.8. The lowest BCUT2D eigenvalue weighted by atomic mass is 10.1. The molecule has 0 radical (unpaired) electrons. The molecule has 1 aromatic carbocycles. The molecule has 3 aromatic rings. The van der Waals surface area contributed by atoms with Gasteiger partial charge in [0, 0.05) is 23.5 Å². The fraction of sp³-hybridized carbons (Fsp3) is 0.286. The number of amides is 1. The molecule has 1 aliphatic rings. The van der Waals surface area contributed by atoms with E-state index >= 15 is 0 Å². The van der Waals surface area contributed by atoms with E-state index in [1.165, 1.54) is 22.9 Å². The molecule has 0 unspecified atom stereocenters. The van der Waals surface area contributed by atoms with E-state index in [0.29, 0.717) is 25.0 Å². The highest BCUT2D eigenvalue weighted by Gasteiger charge is 2.33. The number of aromatic nitrogens is 3. The van der Waals surface area contributed by atoms with Gasteiger partial charge >= 0.3 is 6.18 Å². The van der Waals surface area contributed by atoms with Crippen molar-refractivity contribution >= 4 is 5.91 Å². The molecule has 1 aliphatic carbocycles. The van der Waals surface area contributed by atoms with Gasteiger partial charge in [0.2, 0.25) is 0 Å². The third kappa shape index (κ3) is 3.92. The minimum Gasteiger partial charge on any atom is -0.345 e. The third-order valence-corrected chi connectivity index (χ3v) is 5.10. The summed E-state index contributed by atoms with van der Waals surface area (Å²) in [6.45, 7) is 1.87. The molecular weight excluding hydrogens is 400 g/mol. The Bertz CT molecular complexity index is 1110. The van der Waals surface area contributed by atoms with E-state index in [4.69, 9.17) is 0 Å². The number of fused-ring (bicyclic) bond motifs is 1. The number of rotatable bonds is 4. The van der Waals surface area contributed by atoms with E-state index in [-0.39, 0.29) is 17.3 Å². The molecule has 0 bridgehead atoms. The lowest BCUT2D eigenvalue weighted by molar-refractivity contribution is -0.141. The van der Waals surface area contributed by atoms with Gasteiger partial charge in [0.15, 0.2) is 0 Å². The number of nitrogens with zero attached hydrogens (tertiary/aromatic N) is 3. The largest absolute Gasteiger partial charge is 0.433 e. The second-order valence-corrected chi connectivity index (χ2v) is 7.14. The van der Waals surface area contributed by atoms with E-state index in [9.17, 15) is 22.4 Å². The van der Waals surface area contributed by atoms with E-state index in [1.54, 1.807) is 12.3 Å². The predicted molar refractivity (Wildman–Crippen MR) is 101 cm³/mol. The molecule has 1 N–H and O–H groups in total. The molecule has 30 heavy (non-hydrogen) atoms. The Morgan fingerprint density at radius 2 is 2.07 bits per heavy atom. The van der Waals surface area contributed by atoms with Gasteiger partial charge < -0.3 is 5.32 Å². The monoisotopic (exact) mass is 418 g/mol. The van der Waals surface area contributed by atoms with Crippen LogP contribution in [0, 0.1) is 5.82 Å². The molecule has 1 atom stereocenters. The minimum atomic E-state index is -4.55. The number of halogens is 4. The van der Waals surface area contributed by atoms with Crippen LogP contribution in [0.2, 0.25) is 0 Å². The van der Waals surface area contributed by atoms with Crippen LogP contribution in [-0.4, -0.2) is 20.7 Å². The van der Waals surface area contributed by atoms with Gasteiger partial charge in [-0.15, -0.1) is 0 Å². The SMILES string of the molecule is CCc1cc(F)cc(C(=O)N[C@@H]2CCc3nn(-c4ccnc(C(F)(F)F)c4)cc32)c1. The van der Waals surface area contributed by atoms with Gasteiger partial charge in [-0.1, -0.05) is 6.92 Å². The highest BCUT2D eigenvalue weighted by Crippen LogP contribution is 2.32. The van der Waals surface area contributed by atoms with Crippen molar-refractivity contribution in [2.24, 2.45) is 0 Å². The Morgan fingerprint density at radius 1 is 1.27 bits per heavy atom. The second-order valence-electron chi connectivity index (χ2n) is 7.14. The summed E-state index contributed by atoms with van der Waals surface area (Å²) in [6, 6.07) is 6.23. The molecule has 0 aliphatic heterocycles. The number of hydrogen-bond donors (Lipinski definition) is 1. The van der Waals surface area contributed by atoms with E-state index in [1.807, 2.05) is 6.92 Å². The summed E-state index contributed by atoms with van der Waals surface area (Å²) in [5.41, 5.74) is 1.63. The van der Waals surface area contributed by atoms with Crippen molar-refractivity contribution < 1.29 is 22.4 Å². The van der Waals surface area contributed by atoms with Crippen LogP contribution in [0.25, 0.3) is 5.69 Å². The van der Waals surface area contributed by atoms with Crippen molar-refractivity contribution in [2.45, 2.75) is 38.4 Å². The zero-order valence-corrected chi connectivity index (χ0v) is 16.0. The van der Waals surface area contributed by atoms with Gasteiger partial charge in [-0.2, -0.15) is 18.3 Å². The molecule has 0 saturated heterocycles. The summed E-state index contributed by atoms with van der Waals surface area (Å²) < 4.78 is 53.9. The van der Waals surface area contributed by atoms with Crippen molar-refractivity contribution in [1.82, 2.24) is 20.1 Å². The molecule has 0 fully saturated rings. The molecule has 2 heterocycles. The topological polar surface area (TPSA) is 59.8 Å². The Kier molecular flexibility index (Phi) is 5.05. The normalized spacial score (nSPS) is 15.8. The molecule has 0 spiro atoms. The first-order valence-corrected chi connectivity index (χ1v) is 9.47. The number of carbonyl (C=O) groups excluding carboxylic acids is 1. The average molecular weight is 418 g/mol. The third-order valence-electron chi connectivity index (χ3n) is 5.10. The quantitative estimate of drug-likeness (QED) is 0.639. The molecule has 9 heteroatoms. The number of benzene rings is 1. The van der Waals surface area contributed by atoms with Crippen LogP contribution in [0.1, 0.15) is 52.3 Å². The highest BCUT2D eigenvalue weighted by molar-refractivity contribution is 5.94. The molecule has 1 amide bonds. The highest BCUT2D eigenvalue weighted by atomic mass is 19.4. The first-order valence-electron chi connectivity index (χ1n) is 9.47. The van der Waals surface area contributed by atoms with Gasteiger partial charge in [-0.25, -0.2) is 9.07 Å². The number of alkyl halides is 3. The maximum atomic E-state index is 13.8. The van der Waals surface area contributed by atoms with Crippen molar-refractivity contribution in [1.29, 1.82) is 0 Å². The van der Waals surface area contributed by atoms with Crippen LogP contribution in [0.4, 0.5) is 17.6 Å². The second kappa shape index (κ2) is 7.55. The van der Waals surface area contributed by atoms with Crippen LogP contribution in [0.15, 0.2) is 42.7 Å². The van der Waals surface area contributed by atoms with Gasteiger partial charge in [0.05, 0.1) is 17.4 Å². The molecule has 156 valence electrons. The first-order chi connectivity index (χ1) is 14.2. The summed E-state index contributed by atoms with van der Waals surface area (Å²) in [7, 11) is 0. The average Bonchev–Trinajstić information content (AvgIpc) is 3.29. The molecule has 2 aromatic heterocycles. The zero-order valence-electron chi connectivity index (χ0n) is 16.0. The molecular formula is C21H18F4N4O. The Balaban J connectivity index is 1.57. The Hall–Kier alpha value is -3.23. The van der Waals surface area contributed by atoms with Crippen molar-refractivity contribution in [3.05, 3.63) is 76.6 Å². The fourth-order valence-electron chi connectivity index (χ4n) is 3.57. The van der Waals surface area contributed by atoms with Gasteiger partial charge in [-0.05, 0) is 55.2 Å². The van der Waals surface area contributed by atoms with Gasteiger partial charge in [0.25, 0.3) is 5.91 Å². The molecule has 4 rings (SSSR count). The van der Waals surface area contributed by atoms with Gasteiger partial charge in [0.1, 0.15) is 11.5 Å². The smallest absolute Gasteiger partial charge is 0.345 e. The van der Waals surface area contributed by atoms with Crippen LogP contribution in [-0.2, 0) is 19.0 Å². The van der Waals surface area contributed by atoms with Crippen molar-refractivity contribution in [3.8, 4) is 5.69 Å². The van der Waals surface area contributed by atoms with Crippen LogP contribution in [0.5, 0.6) is 0 Å². The summed E-state index contributed by atoms with van der Waals surface area (Å²) in [6.07, 6.45) is -0.0571. The summed E-state index contributed by atoms with van der Waals surface area (Å²) in [5.74, 6) is -0.879. The van der Waals surface area contributed by atoms with Crippen molar-refractivity contribution in [3.63, 3.8) is 0 Å². The first kappa shape index (κ1) is 20.1. The number of carbonyl (C=O) groups is 1. The van der Waals surface area contributed by atoms with Crippen molar-refractivity contribution in [2.75, 3.05) is 0 Å². The summed E-state index contributed by atoms with van der Waals surface area (Å²) in [5, 5.41) is 7.25. The lowest BCUT2D eigenvalue weighted by Gasteiger charge is -2.14. The maximum Gasteiger partial charge on any atom is 0.433 e. The molecule has 5 nitrogen and oxygen atoms in total. The standard InChI is InChI=1S/C21H18F4N4O/c1-2-12-7-13(9-14(22)8-12)20(30)27-17-3-4-18-16(17)11-29(28-18)15-5-6-26-19(10-15)21(23,24)25/h5-11,17H,2-4H2,1H3,(H,27,30)/t17-/m1/s1. The van der Waals surface area contributed by atoms with Crippen LogP contribution < -0.4 is 5.32 Å². The minimum absolute atomic E-state index is 0.231. The number of aryl methyl sites for hydroxylation is 2. The number of nitrogens with one attached hydrogen (secondary N) is 1. The molecule has 0 saturated carbocycles. The number of hydrogen-bond acceptors (Lipinski definition) is 3. The van der Waals surface area contributed by atoms with E-state index in [0.717, 1.165) is 23.4 Å². The van der Waals surface area contributed by atoms with Crippen LogP contribution >= 0.6 is 0 Å². The van der Waals surface area contributed by atoms with Crippen LogP contribution in [0.3, 0.4) is 0 Å². The predicted octanol–water partition coefficient (Wildman–Crippen LogP) is 4.40. The fourth-order valence-corrected chi connectivity index (χ4v) is 3.57. The van der Waals surface area contributed by atoms with E-state index < -0.39 is 23.6 Å². The summed E-state index contributed by atoms with van der Waals surface area (Å²) >= 11 is 0. The Morgan fingerprint density at radius 3 is 2.80 bits per heavy atom. The zero-order chi connectivity index (χ0) is 21.5. The number of pyridine rings is 1. The lowest BCUT2D eigenvalue weighted by Crippen LogP contribution is -2.27. The Labute approximate surface area is 169 Å². The summed E-state index contributed by atoms with van der Waals surface area (Å²) in [4.78, 5) is 16.0. The van der Waals surface area contributed by atoms with Gasteiger partial charge in [-0.3, -0.25) is 9.78 Å². The van der Waals surface area contributed by atoms with E-state index in [2.05, 4.69) is 15.4 Å².